The summed E-state index contributed by atoms with van der Waals surface area (Å²) in [6.07, 6.45) is 6.26. The first-order valence-electron chi connectivity index (χ1n) is 9.28. The number of rotatable bonds is 12. The highest BCUT2D eigenvalue weighted by Gasteiger charge is 1.98. The maximum absolute atomic E-state index is 5.80. The lowest BCUT2D eigenvalue weighted by Gasteiger charge is -2.10. The van der Waals surface area contributed by atoms with E-state index in [2.05, 4.69) is 31.1 Å². The summed E-state index contributed by atoms with van der Waals surface area (Å²) >= 11 is 0. The second-order valence-electron chi connectivity index (χ2n) is 6.67. The summed E-state index contributed by atoms with van der Waals surface area (Å²) in [5.41, 5.74) is 1.17. The Morgan fingerprint density at radius 1 is 0.680 bits per heavy atom. The Balaban J connectivity index is 1.56. The van der Waals surface area contributed by atoms with Crippen LogP contribution in [0.2, 0.25) is 0 Å². The molecule has 2 aromatic rings. The predicted octanol–water partition coefficient (Wildman–Crippen LogP) is 5.16. The molecule has 2 aromatic carbocycles. The Labute approximate surface area is 152 Å². The van der Waals surface area contributed by atoms with E-state index in [-0.39, 0.29) is 0 Å². The van der Waals surface area contributed by atoms with Crippen molar-refractivity contribution in [2.45, 2.75) is 38.7 Å². The number of benzene rings is 2. The highest BCUT2D eigenvalue weighted by molar-refractivity contribution is 5.31. The van der Waals surface area contributed by atoms with Gasteiger partial charge in [0.2, 0.25) is 0 Å². The zero-order valence-electron chi connectivity index (χ0n) is 15.6. The summed E-state index contributed by atoms with van der Waals surface area (Å²) in [4.78, 5) is 2.25. The molecule has 3 heteroatoms. The number of ether oxygens (including phenoxy) is 2. The molecule has 0 heterocycles. The van der Waals surface area contributed by atoms with Gasteiger partial charge in [-0.2, -0.15) is 0 Å². The summed E-state index contributed by atoms with van der Waals surface area (Å²) in [6, 6.07) is 18.1. The van der Waals surface area contributed by atoms with Crippen LogP contribution < -0.4 is 9.47 Å². The van der Waals surface area contributed by atoms with E-state index in [1.807, 2.05) is 42.5 Å². The Morgan fingerprint density at radius 2 is 1.28 bits per heavy atom. The van der Waals surface area contributed by atoms with E-state index in [1.54, 1.807) is 0 Å². The number of hydrogen-bond donors (Lipinski definition) is 0. The van der Waals surface area contributed by atoms with Crippen molar-refractivity contribution in [3.8, 4) is 11.5 Å². The smallest absolute Gasteiger partial charge is 0.120 e. The van der Waals surface area contributed by atoms with E-state index < -0.39 is 0 Å². The molecule has 0 aliphatic heterocycles. The molecule has 0 fully saturated rings. The first kappa shape index (κ1) is 19.3. The van der Waals surface area contributed by atoms with Crippen LogP contribution in [-0.4, -0.2) is 32.1 Å². The van der Waals surface area contributed by atoms with Crippen molar-refractivity contribution in [3.05, 3.63) is 60.2 Å². The molecule has 3 nitrogen and oxygen atoms in total. The van der Waals surface area contributed by atoms with Gasteiger partial charge >= 0.3 is 0 Å². The topological polar surface area (TPSA) is 21.7 Å². The average molecular weight is 341 g/mol. The van der Waals surface area contributed by atoms with Crippen molar-refractivity contribution in [2.75, 3.05) is 27.2 Å². The summed E-state index contributed by atoms with van der Waals surface area (Å²) in [5.74, 6) is 1.79. The molecular weight excluding hydrogens is 310 g/mol. The first-order valence-corrected chi connectivity index (χ1v) is 9.28. The highest BCUT2D eigenvalue weighted by Crippen LogP contribution is 2.19. The molecule has 0 unspecified atom stereocenters. The van der Waals surface area contributed by atoms with Crippen LogP contribution in [0.1, 0.15) is 37.7 Å². The summed E-state index contributed by atoms with van der Waals surface area (Å²) in [5, 5.41) is 0. The van der Waals surface area contributed by atoms with Gasteiger partial charge < -0.3 is 14.4 Å². The van der Waals surface area contributed by atoms with Crippen LogP contribution in [0.4, 0.5) is 0 Å². The van der Waals surface area contributed by atoms with E-state index in [0.717, 1.165) is 24.5 Å². The van der Waals surface area contributed by atoms with E-state index in [0.29, 0.717) is 6.61 Å². The number of unbranched alkanes of at least 4 members (excludes halogenated alkanes) is 4. The Morgan fingerprint density at radius 3 is 1.96 bits per heavy atom. The van der Waals surface area contributed by atoms with Gasteiger partial charge in [-0.3, -0.25) is 0 Å². The molecule has 136 valence electrons. The molecule has 0 radical (unpaired) electrons. The van der Waals surface area contributed by atoms with Crippen LogP contribution in [0.25, 0.3) is 0 Å². The fourth-order valence-electron chi connectivity index (χ4n) is 2.62. The van der Waals surface area contributed by atoms with Crippen molar-refractivity contribution in [2.24, 2.45) is 0 Å². The van der Waals surface area contributed by atoms with Gasteiger partial charge in [-0.1, -0.05) is 49.6 Å². The van der Waals surface area contributed by atoms with Gasteiger partial charge in [0.25, 0.3) is 0 Å². The molecule has 0 N–H and O–H groups in total. The van der Waals surface area contributed by atoms with Crippen LogP contribution in [0.5, 0.6) is 11.5 Å². The maximum Gasteiger partial charge on any atom is 0.120 e. The van der Waals surface area contributed by atoms with Crippen molar-refractivity contribution in [1.29, 1.82) is 0 Å². The van der Waals surface area contributed by atoms with Crippen LogP contribution in [0, 0.1) is 0 Å². The molecule has 0 aliphatic rings. The van der Waals surface area contributed by atoms with Crippen LogP contribution in [0.15, 0.2) is 54.6 Å². The zero-order valence-corrected chi connectivity index (χ0v) is 15.6. The van der Waals surface area contributed by atoms with Gasteiger partial charge in [-0.25, -0.2) is 0 Å². The predicted molar refractivity (Wildman–Crippen MR) is 104 cm³/mol. The van der Waals surface area contributed by atoms with Gasteiger partial charge in [-0.15, -0.1) is 0 Å². The molecular formula is C22H31NO2. The molecule has 0 aliphatic carbocycles. The van der Waals surface area contributed by atoms with E-state index in [4.69, 9.17) is 9.47 Å². The standard InChI is InChI=1S/C22H31NO2/c1-23(2)17-9-4-3-5-10-18-24-21-13-15-22(16-14-21)25-19-20-11-7-6-8-12-20/h6-8,11-16H,3-5,9-10,17-19H2,1-2H3. The molecule has 2 rings (SSSR count). The van der Waals surface area contributed by atoms with Crippen molar-refractivity contribution in [1.82, 2.24) is 4.90 Å². The SMILES string of the molecule is CN(C)CCCCCCCOc1ccc(OCc2ccccc2)cc1. The third-order valence-corrected chi connectivity index (χ3v) is 4.09. The highest BCUT2D eigenvalue weighted by atomic mass is 16.5. The van der Waals surface area contributed by atoms with Crippen LogP contribution in [-0.2, 0) is 6.61 Å². The first-order chi connectivity index (χ1) is 12.2. The van der Waals surface area contributed by atoms with E-state index in [1.165, 1.54) is 37.8 Å². The third-order valence-electron chi connectivity index (χ3n) is 4.09. The lowest BCUT2D eigenvalue weighted by Crippen LogP contribution is -2.12. The molecule has 0 saturated heterocycles. The monoisotopic (exact) mass is 341 g/mol. The third kappa shape index (κ3) is 8.59. The number of hydrogen-bond acceptors (Lipinski definition) is 3. The summed E-state index contributed by atoms with van der Waals surface area (Å²) < 4.78 is 11.6. The van der Waals surface area contributed by atoms with E-state index >= 15 is 0 Å². The minimum atomic E-state index is 0.592. The van der Waals surface area contributed by atoms with Crippen LogP contribution in [0.3, 0.4) is 0 Å². The second-order valence-corrected chi connectivity index (χ2v) is 6.67. The lowest BCUT2D eigenvalue weighted by atomic mass is 10.1. The van der Waals surface area contributed by atoms with Crippen molar-refractivity contribution in [3.63, 3.8) is 0 Å². The van der Waals surface area contributed by atoms with Gasteiger partial charge in [0, 0.05) is 0 Å². The van der Waals surface area contributed by atoms with Gasteiger partial charge in [0.15, 0.2) is 0 Å². The molecule has 0 bridgehead atoms. The zero-order chi connectivity index (χ0) is 17.7. The Hall–Kier alpha value is -2.00. The molecule has 0 amide bonds. The fourth-order valence-corrected chi connectivity index (χ4v) is 2.62. The normalized spacial score (nSPS) is 10.8. The summed E-state index contributed by atoms with van der Waals surface area (Å²) in [6.45, 7) is 2.57. The quantitative estimate of drug-likeness (QED) is 0.498. The Kier molecular flexibility index (Phi) is 8.92. The Bertz CT molecular complexity index is 566. The minimum Gasteiger partial charge on any atom is -0.494 e. The van der Waals surface area contributed by atoms with Gasteiger partial charge in [0.05, 0.1) is 6.61 Å². The largest absolute Gasteiger partial charge is 0.494 e. The average Bonchev–Trinajstić information content (AvgIpc) is 2.64. The van der Waals surface area contributed by atoms with E-state index in [9.17, 15) is 0 Å². The van der Waals surface area contributed by atoms with Crippen molar-refractivity contribution < 1.29 is 9.47 Å². The number of nitrogens with zero attached hydrogens (tertiary/aromatic N) is 1. The molecule has 25 heavy (non-hydrogen) atoms. The fraction of sp³-hybridized carbons (Fsp3) is 0.455. The second kappa shape index (κ2) is 11.5. The maximum atomic E-state index is 5.80. The minimum absolute atomic E-state index is 0.592. The van der Waals surface area contributed by atoms with Gasteiger partial charge in [-0.05, 0) is 63.3 Å². The lowest BCUT2D eigenvalue weighted by molar-refractivity contribution is 0.296. The molecule has 0 saturated carbocycles. The van der Waals surface area contributed by atoms with Crippen molar-refractivity contribution >= 4 is 0 Å². The summed E-state index contributed by atoms with van der Waals surface area (Å²) in [7, 11) is 4.26. The molecule has 0 atom stereocenters. The molecule has 0 spiro atoms. The van der Waals surface area contributed by atoms with Crippen LogP contribution >= 0.6 is 0 Å². The molecule has 0 aromatic heterocycles. The van der Waals surface area contributed by atoms with Gasteiger partial charge in [0.1, 0.15) is 18.1 Å².